The normalized spacial score (nSPS) is 33.0. The van der Waals surface area contributed by atoms with Crippen LogP contribution in [-0.2, 0) is 19.4 Å². The van der Waals surface area contributed by atoms with Crippen LogP contribution >= 0.6 is 0 Å². The Balaban J connectivity index is 2.03. The SMILES string of the molecule is O=C1C(CCO)OCCN1C1CCS(=O)(=O)C1. The molecule has 2 heterocycles. The summed E-state index contributed by atoms with van der Waals surface area (Å²) < 4.78 is 28.0. The van der Waals surface area contributed by atoms with Crippen LogP contribution in [0.1, 0.15) is 12.8 Å². The maximum Gasteiger partial charge on any atom is 0.252 e. The molecule has 0 aromatic heterocycles. The van der Waals surface area contributed by atoms with Crippen molar-refractivity contribution in [2.45, 2.75) is 25.0 Å². The third kappa shape index (κ3) is 2.78. The Morgan fingerprint density at radius 3 is 2.82 bits per heavy atom. The van der Waals surface area contributed by atoms with Gasteiger partial charge >= 0.3 is 0 Å². The molecule has 2 fully saturated rings. The molecule has 0 aliphatic carbocycles. The highest BCUT2D eigenvalue weighted by atomic mass is 32.2. The number of hydrogen-bond acceptors (Lipinski definition) is 5. The average molecular weight is 263 g/mol. The van der Waals surface area contributed by atoms with Gasteiger partial charge in [0.15, 0.2) is 9.84 Å². The van der Waals surface area contributed by atoms with Gasteiger partial charge in [0.1, 0.15) is 6.10 Å². The summed E-state index contributed by atoms with van der Waals surface area (Å²) in [5.41, 5.74) is 0. The Morgan fingerprint density at radius 1 is 1.47 bits per heavy atom. The van der Waals surface area contributed by atoms with Crippen molar-refractivity contribution in [3.63, 3.8) is 0 Å². The molecule has 0 aromatic rings. The minimum absolute atomic E-state index is 0.0601. The predicted octanol–water partition coefficient (Wildman–Crippen LogP) is -1.22. The minimum Gasteiger partial charge on any atom is -0.396 e. The van der Waals surface area contributed by atoms with Crippen molar-refractivity contribution in [3.05, 3.63) is 0 Å². The number of morpholine rings is 1. The van der Waals surface area contributed by atoms with Crippen LogP contribution in [0.25, 0.3) is 0 Å². The molecule has 6 nitrogen and oxygen atoms in total. The fraction of sp³-hybridized carbons (Fsp3) is 0.900. The highest BCUT2D eigenvalue weighted by Crippen LogP contribution is 2.21. The van der Waals surface area contributed by atoms with Crippen LogP contribution in [0.2, 0.25) is 0 Å². The molecule has 0 bridgehead atoms. The van der Waals surface area contributed by atoms with Gasteiger partial charge in [0, 0.05) is 25.6 Å². The van der Waals surface area contributed by atoms with E-state index in [0.29, 0.717) is 19.6 Å². The van der Waals surface area contributed by atoms with Crippen LogP contribution in [0.4, 0.5) is 0 Å². The van der Waals surface area contributed by atoms with Crippen molar-refractivity contribution in [1.82, 2.24) is 4.90 Å². The number of hydrogen-bond donors (Lipinski definition) is 1. The Labute approximate surface area is 100 Å². The Kier molecular flexibility index (Phi) is 3.70. The van der Waals surface area contributed by atoms with Gasteiger partial charge in [-0.2, -0.15) is 0 Å². The molecule has 2 aliphatic rings. The lowest BCUT2D eigenvalue weighted by atomic mass is 10.1. The number of amides is 1. The van der Waals surface area contributed by atoms with E-state index in [-0.39, 0.29) is 36.5 Å². The number of carbonyl (C=O) groups is 1. The first-order valence-electron chi connectivity index (χ1n) is 5.77. The van der Waals surface area contributed by atoms with Crippen molar-refractivity contribution in [2.75, 3.05) is 31.3 Å². The third-order valence-corrected chi connectivity index (χ3v) is 5.00. The lowest BCUT2D eigenvalue weighted by Crippen LogP contribution is -2.52. The summed E-state index contributed by atoms with van der Waals surface area (Å²) in [5.74, 6) is 0.0322. The number of aliphatic hydroxyl groups excluding tert-OH is 1. The van der Waals surface area contributed by atoms with E-state index in [1.54, 1.807) is 4.90 Å². The monoisotopic (exact) mass is 263 g/mol. The van der Waals surface area contributed by atoms with Gasteiger partial charge in [0.2, 0.25) is 0 Å². The molecule has 0 saturated carbocycles. The second kappa shape index (κ2) is 4.91. The average Bonchev–Trinajstić information content (AvgIpc) is 2.62. The Hall–Kier alpha value is -0.660. The van der Waals surface area contributed by atoms with E-state index in [9.17, 15) is 13.2 Å². The number of nitrogens with zero attached hydrogens (tertiary/aromatic N) is 1. The molecule has 2 aliphatic heterocycles. The first-order valence-corrected chi connectivity index (χ1v) is 7.59. The number of aliphatic hydroxyl groups is 1. The van der Waals surface area contributed by atoms with E-state index in [1.165, 1.54) is 0 Å². The maximum atomic E-state index is 12.0. The predicted molar refractivity (Wildman–Crippen MR) is 60.2 cm³/mol. The largest absolute Gasteiger partial charge is 0.396 e. The molecule has 0 spiro atoms. The molecule has 2 unspecified atom stereocenters. The highest BCUT2D eigenvalue weighted by molar-refractivity contribution is 7.91. The van der Waals surface area contributed by atoms with Gasteiger partial charge in [-0.25, -0.2) is 8.42 Å². The first-order chi connectivity index (χ1) is 8.03. The molecule has 2 saturated heterocycles. The second-order valence-corrected chi connectivity index (χ2v) is 6.69. The van der Waals surface area contributed by atoms with E-state index >= 15 is 0 Å². The quantitative estimate of drug-likeness (QED) is 0.690. The number of ether oxygens (including phenoxy) is 1. The minimum atomic E-state index is -2.98. The molecule has 2 atom stereocenters. The van der Waals surface area contributed by atoms with Crippen molar-refractivity contribution in [1.29, 1.82) is 0 Å². The molecule has 98 valence electrons. The Bertz CT molecular complexity index is 392. The summed E-state index contributed by atoms with van der Waals surface area (Å²) in [4.78, 5) is 13.6. The zero-order valence-corrected chi connectivity index (χ0v) is 10.4. The summed E-state index contributed by atoms with van der Waals surface area (Å²) in [6.07, 6.45) is 0.173. The van der Waals surface area contributed by atoms with Crippen LogP contribution in [-0.4, -0.2) is 67.7 Å². The van der Waals surface area contributed by atoms with E-state index in [2.05, 4.69) is 0 Å². The zero-order valence-electron chi connectivity index (χ0n) is 9.54. The molecule has 2 rings (SSSR count). The van der Waals surface area contributed by atoms with Gasteiger partial charge in [-0.1, -0.05) is 0 Å². The zero-order chi connectivity index (χ0) is 12.5. The standard InChI is InChI=1S/C10H17NO5S/c12-4-1-9-10(13)11(3-5-16-9)8-2-6-17(14,15)7-8/h8-9,12H,1-7H2. The lowest BCUT2D eigenvalue weighted by Gasteiger charge is -2.35. The third-order valence-electron chi connectivity index (χ3n) is 3.25. The molecule has 7 heteroatoms. The van der Waals surface area contributed by atoms with E-state index in [4.69, 9.17) is 9.84 Å². The maximum absolute atomic E-state index is 12.0. The second-order valence-electron chi connectivity index (χ2n) is 4.46. The van der Waals surface area contributed by atoms with Crippen LogP contribution in [0.15, 0.2) is 0 Å². The summed E-state index contributed by atoms with van der Waals surface area (Å²) in [6.45, 7) is 0.751. The van der Waals surface area contributed by atoms with Crippen LogP contribution in [0.5, 0.6) is 0 Å². The molecule has 1 amide bonds. The summed E-state index contributed by atoms with van der Waals surface area (Å²) in [5, 5.41) is 8.82. The van der Waals surface area contributed by atoms with E-state index in [1.807, 2.05) is 0 Å². The fourth-order valence-corrected chi connectivity index (χ4v) is 4.10. The summed E-state index contributed by atoms with van der Waals surface area (Å²) in [7, 11) is -2.98. The molecule has 17 heavy (non-hydrogen) atoms. The van der Waals surface area contributed by atoms with Gasteiger partial charge in [-0.15, -0.1) is 0 Å². The van der Waals surface area contributed by atoms with Crippen LogP contribution < -0.4 is 0 Å². The van der Waals surface area contributed by atoms with Crippen LogP contribution in [0.3, 0.4) is 0 Å². The smallest absolute Gasteiger partial charge is 0.252 e. The lowest BCUT2D eigenvalue weighted by molar-refractivity contribution is -0.156. The molecule has 0 aromatic carbocycles. The van der Waals surface area contributed by atoms with E-state index < -0.39 is 15.9 Å². The number of carbonyl (C=O) groups excluding carboxylic acids is 1. The van der Waals surface area contributed by atoms with Gasteiger partial charge in [0.05, 0.1) is 18.1 Å². The number of rotatable bonds is 3. The molecule has 1 N–H and O–H groups in total. The summed E-state index contributed by atoms with van der Waals surface area (Å²) >= 11 is 0. The van der Waals surface area contributed by atoms with Crippen molar-refractivity contribution >= 4 is 15.7 Å². The van der Waals surface area contributed by atoms with Crippen molar-refractivity contribution in [3.8, 4) is 0 Å². The van der Waals surface area contributed by atoms with E-state index in [0.717, 1.165) is 0 Å². The number of sulfone groups is 1. The highest BCUT2D eigenvalue weighted by Gasteiger charge is 2.38. The van der Waals surface area contributed by atoms with Gasteiger partial charge in [-0.3, -0.25) is 4.79 Å². The topological polar surface area (TPSA) is 83.9 Å². The fourth-order valence-electron chi connectivity index (χ4n) is 2.37. The summed E-state index contributed by atoms with van der Waals surface area (Å²) in [6, 6.07) is -0.211. The Morgan fingerprint density at radius 2 is 2.24 bits per heavy atom. The molecular weight excluding hydrogens is 246 g/mol. The van der Waals surface area contributed by atoms with Gasteiger partial charge in [0.25, 0.3) is 5.91 Å². The molecular formula is C10H17NO5S. The van der Waals surface area contributed by atoms with Crippen molar-refractivity contribution < 1.29 is 23.1 Å². The van der Waals surface area contributed by atoms with Crippen LogP contribution in [0, 0.1) is 0 Å². The van der Waals surface area contributed by atoms with Gasteiger partial charge in [-0.05, 0) is 6.42 Å². The molecule has 0 radical (unpaired) electrons. The van der Waals surface area contributed by atoms with Gasteiger partial charge < -0.3 is 14.7 Å². The first kappa shape index (κ1) is 12.8. The van der Waals surface area contributed by atoms with Crippen molar-refractivity contribution in [2.24, 2.45) is 0 Å².